The van der Waals surface area contributed by atoms with Gasteiger partial charge in [0.1, 0.15) is 5.69 Å². The Kier molecular flexibility index (Phi) is 4.58. The molecule has 1 saturated carbocycles. The quantitative estimate of drug-likeness (QED) is 0.870. The minimum absolute atomic E-state index is 0.00524. The first-order valence-corrected chi connectivity index (χ1v) is 7.86. The molecule has 1 aromatic rings. The molecule has 1 aliphatic carbocycles. The summed E-state index contributed by atoms with van der Waals surface area (Å²) in [5.41, 5.74) is 1.18. The largest absolute Gasteiger partial charge is 0.352 e. The Labute approximate surface area is 131 Å². The summed E-state index contributed by atoms with van der Waals surface area (Å²) in [6, 6.07) is 2.11. The van der Waals surface area contributed by atoms with Gasteiger partial charge < -0.3 is 10.6 Å². The van der Waals surface area contributed by atoms with Crippen LogP contribution in [-0.2, 0) is 10.3 Å². The lowest BCUT2D eigenvalue weighted by Crippen LogP contribution is -2.38. The van der Waals surface area contributed by atoms with E-state index in [1.165, 1.54) is 0 Å². The van der Waals surface area contributed by atoms with Crippen molar-refractivity contribution in [3.8, 4) is 0 Å². The van der Waals surface area contributed by atoms with E-state index < -0.39 is 0 Å². The van der Waals surface area contributed by atoms with E-state index in [9.17, 15) is 9.59 Å². The Hall–Kier alpha value is -1.85. The Balaban J connectivity index is 2.04. The van der Waals surface area contributed by atoms with E-state index in [0.717, 1.165) is 18.5 Å². The SMILES string of the molecule is CC(C)c1cc(C(=O)NCC(=O)NC2CC2)nn1C(C)(C)C. The first-order chi connectivity index (χ1) is 10.2. The van der Waals surface area contributed by atoms with Gasteiger partial charge in [-0.3, -0.25) is 14.3 Å². The van der Waals surface area contributed by atoms with Crippen LogP contribution in [0.4, 0.5) is 0 Å². The van der Waals surface area contributed by atoms with E-state index in [0.29, 0.717) is 11.7 Å². The zero-order valence-electron chi connectivity index (χ0n) is 14.1. The number of amides is 2. The highest BCUT2D eigenvalue weighted by molar-refractivity contribution is 5.95. The molecule has 0 aliphatic heterocycles. The van der Waals surface area contributed by atoms with Crippen LogP contribution in [0.25, 0.3) is 0 Å². The van der Waals surface area contributed by atoms with E-state index in [4.69, 9.17) is 0 Å². The highest BCUT2D eigenvalue weighted by Gasteiger charge is 2.25. The standard InChI is InChI=1S/C16H26N4O2/c1-10(2)13-8-12(19-20(13)16(3,4)5)15(22)17-9-14(21)18-11-6-7-11/h8,10-11H,6-7,9H2,1-5H3,(H,17,22)(H,18,21). The molecule has 0 bridgehead atoms. The normalized spacial score (nSPS) is 15.0. The van der Waals surface area contributed by atoms with Gasteiger partial charge in [0, 0.05) is 11.7 Å². The van der Waals surface area contributed by atoms with Crippen molar-refractivity contribution in [1.29, 1.82) is 0 Å². The van der Waals surface area contributed by atoms with E-state index in [1.54, 1.807) is 0 Å². The van der Waals surface area contributed by atoms with Gasteiger partial charge in [-0.2, -0.15) is 5.10 Å². The van der Waals surface area contributed by atoms with Crippen LogP contribution in [0.3, 0.4) is 0 Å². The molecule has 1 fully saturated rings. The van der Waals surface area contributed by atoms with Gasteiger partial charge in [-0.15, -0.1) is 0 Å². The van der Waals surface area contributed by atoms with Crippen LogP contribution in [0.15, 0.2) is 6.07 Å². The molecule has 1 aliphatic rings. The van der Waals surface area contributed by atoms with Gasteiger partial charge in [-0.25, -0.2) is 0 Å². The number of nitrogens with zero attached hydrogens (tertiary/aromatic N) is 2. The predicted octanol–water partition coefficient (Wildman–Crippen LogP) is 1.77. The summed E-state index contributed by atoms with van der Waals surface area (Å²) in [5, 5.41) is 9.90. The van der Waals surface area contributed by atoms with Crippen molar-refractivity contribution in [2.75, 3.05) is 6.54 Å². The van der Waals surface area contributed by atoms with E-state index in [1.807, 2.05) is 10.7 Å². The lowest BCUT2D eigenvalue weighted by atomic mass is 10.1. The number of carbonyl (C=O) groups excluding carboxylic acids is 2. The van der Waals surface area contributed by atoms with Gasteiger partial charge in [0.15, 0.2) is 0 Å². The van der Waals surface area contributed by atoms with Crippen LogP contribution in [0, 0.1) is 0 Å². The molecule has 0 aromatic carbocycles. The van der Waals surface area contributed by atoms with Crippen molar-refractivity contribution < 1.29 is 9.59 Å². The zero-order chi connectivity index (χ0) is 16.5. The Bertz CT molecular complexity index is 565. The van der Waals surface area contributed by atoms with Crippen molar-refractivity contribution in [1.82, 2.24) is 20.4 Å². The predicted molar refractivity (Wildman–Crippen MR) is 84.8 cm³/mol. The van der Waals surface area contributed by atoms with Crippen molar-refractivity contribution in [3.63, 3.8) is 0 Å². The monoisotopic (exact) mass is 306 g/mol. The maximum Gasteiger partial charge on any atom is 0.272 e. The lowest BCUT2D eigenvalue weighted by molar-refractivity contribution is -0.120. The Morgan fingerprint density at radius 3 is 2.45 bits per heavy atom. The molecule has 1 heterocycles. The van der Waals surface area contributed by atoms with Crippen LogP contribution >= 0.6 is 0 Å². The van der Waals surface area contributed by atoms with Gasteiger partial charge >= 0.3 is 0 Å². The molecular weight excluding hydrogens is 280 g/mol. The molecule has 1 aromatic heterocycles. The van der Waals surface area contributed by atoms with E-state index in [2.05, 4.69) is 50.4 Å². The fourth-order valence-corrected chi connectivity index (χ4v) is 2.21. The van der Waals surface area contributed by atoms with E-state index >= 15 is 0 Å². The molecule has 0 unspecified atom stereocenters. The molecule has 0 atom stereocenters. The number of rotatable bonds is 5. The summed E-state index contributed by atoms with van der Waals surface area (Å²) in [6.07, 6.45) is 2.07. The summed E-state index contributed by atoms with van der Waals surface area (Å²) in [7, 11) is 0. The third-order valence-corrected chi connectivity index (χ3v) is 3.55. The van der Waals surface area contributed by atoms with Crippen LogP contribution in [0.1, 0.15) is 69.6 Å². The second-order valence-corrected chi connectivity index (χ2v) is 7.22. The summed E-state index contributed by atoms with van der Waals surface area (Å²) < 4.78 is 1.89. The number of hydrogen-bond donors (Lipinski definition) is 2. The summed E-state index contributed by atoms with van der Waals surface area (Å²) >= 11 is 0. The molecular formula is C16H26N4O2. The first kappa shape index (κ1) is 16.5. The first-order valence-electron chi connectivity index (χ1n) is 7.86. The highest BCUT2D eigenvalue weighted by Crippen LogP contribution is 2.23. The van der Waals surface area contributed by atoms with E-state index in [-0.39, 0.29) is 29.8 Å². The molecule has 2 amide bonds. The fourth-order valence-electron chi connectivity index (χ4n) is 2.21. The second-order valence-electron chi connectivity index (χ2n) is 7.22. The average Bonchev–Trinajstić information content (AvgIpc) is 3.07. The molecule has 2 rings (SSSR count). The van der Waals surface area contributed by atoms with Crippen molar-refractivity contribution >= 4 is 11.8 Å². The van der Waals surface area contributed by atoms with Gasteiger partial charge in [0.2, 0.25) is 5.91 Å². The third kappa shape index (κ3) is 4.08. The van der Waals surface area contributed by atoms with Crippen LogP contribution in [0.2, 0.25) is 0 Å². The number of aromatic nitrogens is 2. The minimum Gasteiger partial charge on any atom is -0.352 e. The third-order valence-electron chi connectivity index (χ3n) is 3.55. The summed E-state index contributed by atoms with van der Waals surface area (Å²) in [4.78, 5) is 23.8. The number of nitrogens with one attached hydrogen (secondary N) is 2. The zero-order valence-corrected chi connectivity index (χ0v) is 14.1. The number of hydrogen-bond acceptors (Lipinski definition) is 3. The molecule has 0 saturated heterocycles. The molecule has 22 heavy (non-hydrogen) atoms. The maximum absolute atomic E-state index is 12.2. The minimum atomic E-state index is -0.309. The molecule has 122 valence electrons. The molecule has 6 heteroatoms. The van der Waals surface area contributed by atoms with Crippen molar-refractivity contribution in [2.24, 2.45) is 0 Å². The highest BCUT2D eigenvalue weighted by atomic mass is 16.2. The second kappa shape index (κ2) is 6.10. The molecule has 0 spiro atoms. The average molecular weight is 306 g/mol. The van der Waals surface area contributed by atoms with Crippen molar-refractivity contribution in [2.45, 2.75) is 65.0 Å². The van der Waals surface area contributed by atoms with Gasteiger partial charge in [-0.1, -0.05) is 13.8 Å². The molecule has 6 nitrogen and oxygen atoms in total. The van der Waals surface area contributed by atoms with Crippen molar-refractivity contribution in [3.05, 3.63) is 17.5 Å². The summed E-state index contributed by atoms with van der Waals surface area (Å²) in [5.74, 6) is -0.183. The van der Waals surface area contributed by atoms with Gasteiger partial charge in [-0.05, 0) is 45.6 Å². The van der Waals surface area contributed by atoms with Crippen LogP contribution in [0.5, 0.6) is 0 Å². The fraction of sp³-hybridized carbons (Fsp3) is 0.688. The van der Waals surface area contributed by atoms with Gasteiger partial charge in [0.05, 0.1) is 12.1 Å². The smallest absolute Gasteiger partial charge is 0.272 e. The topological polar surface area (TPSA) is 76.0 Å². The lowest BCUT2D eigenvalue weighted by Gasteiger charge is -2.23. The summed E-state index contributed by atoms with van der Waals surface area (Å²) in [6.45, 7) is 10.3. The van der Waals surface area contributed by atoms with Gasteiger partial charge in [0.25, 0.3) is 5.91 Å². The molecule has 0 radical (unpaired) electrons. The number of carbonyl (C=O) groups is 2. The van der Waals surface area contributed by atoms with Crippen LogP contribution in [-0.4, -0.2) is 34.2 Å². The van der Waals surface area contributed by atoms with Crippen LogP contribution < -0.4 is 10.6 Å². The Morgan fingerprint density at radius 1 is 1.36 bits per heavy atom. The molecule has 2 N–H and O–H groups in total. The maximum atomic E-state index is 12.2. The Morgan fingerprint density at radius 2 is 2.00 bits per heavy atom.